The van der Waals surface area contributed by atoms with Crippen LogP contribution in [-0.2, 0) is 0 Å². The minimum atomic E-state index is -0.171. The molecule has 1 fully saturated rings. The number of hydrogen-bond donors (Lipinski definition) is 2. The maximum Gasteiger partial charge on any atom is 0.322 e. The number of anilines is 1. The molecule has 2 heterocycles. The van der Waals surface area contributed by atoms with Crippen LogP contribution in [0.4, 0.5) is 10.5 Å². The zero-order chi connectivity index (χ0) is 16.2. The summed E-state index contributed by atoms with van der Waals surface area (Å²) in [5.74, 6) is 0.306. The van der Waals surface area contributed by atoms with Crippen molar-refractivity contribution in [1.82, 2.24) is 14.7 Å². The van der Waals surface area contributed by atoms with E-state index in [1.54, 1.807) is 15.8 Å². The third-order valence-electron chi connectivity index (χ3n) is 4.46. The molecule has 0 aliphatic carbocycles. The van der Waals surface area contributed by atoms with E-state index in [4.69, 9.17) is 0 Å². The van der Waals surface area contributed by atoms with Gasteiger partial charge in [-0.2, -0.15) is 5.10 Å². The molecule has 0 spiro atoms. The molecule has 6 heteroatoms. The van der Waals surface area contributed by atoms with Crippen molar-refractivity contribution >= 4 is 11.7 Å². The Morgan fingerprint density at radius 3 is 2.96 bits per heavy atom. The van der Waals surface area contributed by atoms with Gasteiger partial charge in [0.2, 0.25) is 0 Å². The number of hydrogen-bond acceptors (Lipinski definition) is 3. The van der Waals surface area contributed by atoms with Crippen LogP contribution in [-0.4, -0.2) is 45.0 Å². The first-order valence-electron chi connectivity index (χ1n) is 7.98. The van der Waals surface area contributed by atoms with E-state index >= 15 is 0 Å². The summed E-state index contributed by atoms with van der Waals surface area (Å²) in [6, 6.07) is 9.10. The molecule has 6 nitrogen and oxygen atoms in total. The quantitative estimate of drug-likeness (QED) is 0.914. The number of amides is 2. The lowest BCUT2D eigenvalue weighted by Gasteiger charge is -2.39. The van der Waals surface area contributed by atoms with Gasteiger partial charge in [-0.15, -0.1) is 0 Å². The molecule has 1 aliphatic rings. The van der Waals surface area contributed by atoms with Crippen molar-refractivity contribution in [3.05, 3.63) is 42.7 Å². The first kappa shape index (κ1) is 15.6. The third-order valence-corrected chi connectivity index (χ3v) is 4.46. The molecule has 1 saturated heterocycles. The first-order valence-corrected chi connectivity index (χ1v) is 7.98. The van der Waals surface area contributed by atoms with E-state index in [0.717, 1.165) is 18.5 Å². The number of benzene rings is 1. The molecule has 1 aromatic heterocycles. The zero-order valence-corrected chi connectivity index (χ0v) is 13.2. The van der Waals surface area contributed by atoms with Crippen LogP contribution in [0.1, 0.15) is 19.8 Å². The van der Waals surface area contributed by atoms with Crippen LogP contribution in [0.3, 0.4) is 0 Å². The molecule has 2 N–H and O–H groups in total. The average molecular weight is 314 g/mol. The number of carbonyl (C=O) groups is 1. The molecule has 1 aromatic carbocycles. The fraction of sp³-hybridized carbons (Fsp3) is 0.412. The van der Waals surface area contributed by atoms with Crippen LogP contribution in [0.25, 0.3) is 5.69 Å². The molecule has 0 saturated carbocycles. The summed E-state index contributed by atoms with van der Waals surface area (Å²) >= 11 is 0. The molecular formula is C17H22N4O2. The Balaban J connectivity index is 1.81. The lowest BCUT2D eigenvalue weighted by atomic mass is 9.91. The summed E-state index contributed by atoms with van der Waals surface area (Å²) in [5, 5.41) is 16.8. The van der Waals surface area contributed by atoms with Crippen molar-refractivity contribution in [2.45, 2.75) is 25.8 Å². The Labute approximate surface area is 135 Å². The number of carbonyl (C=O) groups excluding carboxylic acids is 1. The highest BCUT2D eigenvalue weighted by atomic mass is 16.3. The number of urea groups is 1. The largest absolute Gasteiger partial charge is 0.394 e. The van der Waals surface area contributed by atoms with Crippen molar-refractivity contribution in [1.29, 1.82) is 0 Å². The van der Waals surface area contributed by atoms with E-state index in [9.17, 15) is 9.90 Å². The number of nitrogens with one attached hydrogen (secondary N) is 1. The highest BCUT2D eigenvalue weighted by molar-refractivity contribution is 5.91. The van der Waals surface area contributed by atoms with Gasteiger partial charge >= 0.3 is 6.03 Å². The number of likely N-dealkylation sites (tertiary alicyclic amines) is 1. The van der Waals surface area contributed by atoms with E-state index in [2.05, 4.69) is 17.3 Å². The SMILES string of the molecule is CC1CCCN(C(=O)Nc2ccccc2-n2cccn2)C1CO. The van der Waals surface area contributed by atoms with Crippen molar-refractivity contribution in [3.8, 4) is 5.69 Å². The van der Waals surface area contributed by atoms with Gasteiger partial charge in [-0.25, -0.2) is 9.48 Å². The lowest BCUT2D eigenvalue weighted by molar-refractivity contribution is 0.0811. The molecule has 3 rings (SSSR count). The number of para-hydroxylation sites is 2. The van der Waals surface area contributed by atoms with Crippen LogP contribution in [0, 0.1) is 5.92 Å². The van der Waals surface area contributed by atoms with E-state index in [-0.39, 0.29) is 18.7 Å². The van der Waals surface area contributed by atoms with Gasteiger partial charge in [0.25, 0.3) is 0 Å². The van der Waals surface area contributed by atoms with Crippen LogP contribution in [0.15, 0.2) is 42.7 Å². The van der Waals surface area contributed by atoms with Crippen molar-refractivity contribution < 1.29 is 9.90 Å². The monoisotopic (exact) mass is 314 g/mol. The molecule has 0 radical (unpaired) electrons. The highest BCUT2D eigenvalue weighted by Crippen LogP contribution is 2.25. The number of piperidine rings is 1. The molecule has 2 atom stereocenters. The minimum Gasteiger partial charge on any atom is -0.394 e. The first-order chi connectivity index (χ1) is 11.2. The number of rotatable bonds is 3. The fourth-order valence-corrected chi connectivity index (χ4v) is 3.16. The van der Waals surface area contributed by atoms with Crippen LogP contribution < -0.4 is 5.32 Å². The Kier molecular flexibility index (Phi) is 4.62. The number of aromatic nitrogens is 2. The van der Waals surface area contributed by atoms with E-state index in [0.29, 0.717) is 18.2 Å². The maximum atomic E-state index is 12.7. The predicted molar refractivity (Wildman–Crippen MR) is 88.6 cm³/mol. The van der Waals surface area contributed by atoms with Gasteiger partial charge in [-0.05, 0) is 37.0 Å². The Morgan fingerprint density at radius 1 is 1.39 bits per heavy atom. The Morgan fingerprint density at radius 2 is 2.22 bits per heavy atom. The maximum absolute atomic E-state index is 12.7. The van der Waals surface area contributed by atoms with Gasteiger partial charge in [0.15, 0.2) is 0 Å². The van der Waals surface area contributed by atoms with Crippen molar-refractivity contribution in [2.24, 2.45) is 5.92 Å². The van der Waals surface area contributed by atoms with E-state index < -0.39 is 0 Å². The topological polar surface area (TPSA) is 70.4 Å². The minimum absolute atomic E-state index is 0.00457. The third kappa shape index (κ3) is 3.22. The predicted octanol–water partition coefficient (Wildman–Crippen LogP) is 2.50. The molecule has 0 bridgehead atoms. The average Bonchev–Trinajstić information content (AvgIpc) is 3.09. The van der Waals surface area contributed by atoms with Gasteiger partial charge in [-0.3, -0.25) is 0 Å². The van der Waals surface area contributed by atoms with E-state index in [1.165, 1.54) is 0 Å². The van der Waals surface area contributed by atoms with Gasteiger partial charge in [-0.1, -0.05) is 19.1 Å². The standard InChI is InChI=1S/C17H22N4O2/c1-13-6-4-10-20(16(13)12-22)17(23)19-14-7-2-3-8-15(14)21-11-5-9-18-21/h2-3,5,7-9,11,13,16,22H,4,6,10,12H2,1H3,(H,19,23). The van der Waals surface area contributed by atoms with Crippen molar-refractivity contribution in [3.63, 3.8) is 0 Å². The summed E-state index contributed by atoms with van der Waals surface area (Å²) < 4.78 is 1.72. The van der Waals surface area contributed by atoms with E-state index in [1.807, 2.05) is 36.5 Å². The van der Waals surface area contributed by atoms with Gasteiger partial charge in [0, 0.05) is 18.9 Å². The van der Waals surface area contributed by atoms with Crippen LogP contribution in [0.2, 0.25) is 0 Å². The second-order valence-electron chi connectivity index (χ2n) is 5.96. The highest BCUT2D eigenvalue weighted by Gasteiger charge is 2.31. The normalized spacial score (nSPS) is 21.2. The summed E-state index contributed by atoms with van der Waals surface area (Å²) in [6.07, 6.45) is 5.54. The summed E-state index contributed by atoms with van der Waals surface area (Å²) in [5.41, 5.74) is 1.52. The second-order valence-corrected chi connectivity index (χ2v) is 5.96. The zero-order valence-electron chi connectivity index (χ0n) is 13.2. The van der Waals surface area contributed by atoms with Crippen LogP contribution >= 0.6 is 0 Å². The summed E-state index contributed by atoms with van der Waals surface area (Å²) in [4.78, 5) is 14.4. The lowest BCUT2D eigenvalue weighted by Crippen LogP contribution is -2.51. The van der Waals surface area contributed by atoms with Gasteiger partial charge in [0.05, 0.1) is 24.0 Å². The number of aliphatic hydroxyl groups is 1. The number of aliphatic hydroxyl groups excluding tert-OH is 1. The van der Waals surface area contributed by atoms with Crippen molar-refractivity contribution in [2.75, 3.05) is 18.5 Å². The number of nitrogens with zero attached hydrogens (tertiary/aromatic N) is 3. The summed E-state index contributed by atoms with van der Waals surface area (Å²) in [6.45, 7) is 2.75. The Hall–Kier alpha value is -2.34. The molecule has 2 unspecified atom stereocenters. The molecular weight excluding hydrogens is 292 g/mol. The van der Waals surface area contributed by atoms with Crippen LogP contribution in [0.5, 0.6) is 0 Å². The molecule has 2 amide bonds. The molecule has 122 valence electrons. The van der Waals surface area contributed by atoms with Gasteiger partial charge < -0.3 is 15.3 Å². The molecule has 23 heavy (non-hydrogen) atoms. The smallest absolute Gasteiger partial charge is 0.322 e. The van der Waals surface area contributed by atoms with Gasteiger partial charge in [0.1, 0.15) is 0 Å². The fourth-order valence-electron chi connectivity index (χ4n) is 3.16. The molecule has 1 aliphatic heterocycles. The Bertz CT molecular complexity index is 656. The second kappa shape index (κ2) is 6.83. The summed E-state index contributed by atoms with van der Waals surface area (Å²) in [7, 11) is 0. The molecule has 2 aromatic rings.